The van der Waals surface area contributed by atoms with Crippen LogP contribution in [0.4, 0.5) is 10.5 Å². The molecule has 3 amide bonds. The molecule has 1 heterocycles. The second kappa shape index (κ2) is 9.82. The van der Waals surface area contributed by atoms with E-state index in [0.717, 1.165) is 16.7 Å². The zero-order valence-corrected chi connectivity index (χ0v) is 20.7. The molecule has 35 heavy (non-hydrogen) atoms. The number of nitrogens with one attached hydrogen (secondary N) is 2. The number of ether oxygens (including phenoxy) is 1. The number of benzene rings is 2. The molecular formula is C27H33N5O3. The van der Waals surface area contributed by atoms with Gasteiger partial charge in [-0.05, 0) is 48.1 Å². The highest BCUT2D eigenvalue weighted by Gasteiger charge is 2.43. The molecule has 1 atom stereocenters. The maximum Gasteiger partial charge on any atom is 0.319 e. The highest BCUT2D eigenvalue weighted by molar-refractivity contribution is 6.06. The van der Waals surface area contributed by atoms with Crippen LogP contribution in [-0.4, -0.2) is 35.4 Å². The fourth-order valence-corrected chi connectivity index (χ4v) is 4.44. The van der Waals surface area contributed by atoms with Crippen molar-refractivity contribution in [3.63, 3.8) is 0 Å². The summed E-state index contributed by atoms with van der Waals surface area (Å²) in [4.78, 5) is 31.4. The lowest BCUT2D eigenvalue weighted by Gasteiger charge is -2.23. The fourth-order valence-electron chi connectivity index (χ4n) is 4.44. The summed E-state index contributed by atoms with van der Waals surface area (Å²) in [5, 5.41) is 5.74. The summed E-state index contributed by atoms with van der Waals surface area (Å²) >= 11 is 0. The molecule has 8 nitrogen and oxygen atoms in total. The standard InChI is InChI=1S/C27H33N5O3/c1-17(2)14-27(3)24(33)32(25(28)31-27)16-19-7-5-18(6-8-19)15-29-26(34)30-22-13-21(20-9-10-20)11-12-23(22)35-4/h5-13,17,20H,14-16H2,1-4H3,(H2,28,31)(H2,29,30,34). The van der Waals surface area contributed by atoms with Crippen LogP contribution in [0.1, 0.15) is 49.8 Å². The summed E-state index contributed by atoms with van der Waals surface area (Å²) in [6, 6.07) is 13.2. The highest BCUT2D eigenvalue weighted by Crippen LogP contribution is 2.35. The smallest absolute Gasteiger partial charge is 0.319 e. The van der Waals surface area contributed by atoms with Crippen molar-refractivity contribution in [3.8, 4) is 5.75 Å². The normalized spacial score (nSPS) is 19.2. The summed E-state index contributed by atoms with van der Waals surface area (Å²) in [5.41, 5.74) is 8.90. The number of guanidine groups is 1. The Morgan fingerprint density at radius 2 is 1.86 bits per heavy atom. The van der Waals surface area contributed by atoms with E-state index < -0.39 is 5.54 Å². The number of hydrogen-bond donors (Lipinski definition) is 3. The lowest BCUT2D eigenvalue weighted by Crippen LogP contribution is -2.43. The van der Waals surface area contributed by atoms with E-state index in [0.29, 0.717) is 42.8 Å². The zero-order chi connectivity index (χ0) is 25.2. The lowest BCUT2D eigenvalue weighted by molar-refractivity contribution is -0.131. The van der Waals surface area contributed by atoms with E-state index in [1.807, 2.05) is 49.4 Å². The van der Waals surface area contributed by atoms with Gasteiger partial charge in [-0.1, -0.05) is 56.3 Å². The van der Waals surface area contributed by atoms with E-state index in [2.05, 4.69) is 41.6 Å². The van der Waals surface area contributed by atoms with Gasteiger partial charge in [0.15, 0.2) is 5.96 Å². The van der Waals surface area contributed by atoms with E-state index in [4.69, 9.17) is 10.5 Å². The second-order valence-electron chi connectivity index (χ2n) is 9.73. The first kappa shape index (κ1) is 24.3. The Labute approximate surface area is 206 Å². The van der Waals surface area contributed by atoms with Crippen LogP contribution in [0, 0.1) is 5.92 Å². The largest absolute Gasteiger partial charge is 0.495 e. The van der Waals surface area contributed by atoms with Crippen molar-refractivity contribution in [3.05, 3.63) is 71.3 Å². The molecule has 0 fully saturated rings. The molecule has 1 unspecified atom stereocenters. The minimum atomic E-state index is -0.799. The first-order valence-electron chi connectivity index (χ1n) is 11.8. The van der Waals surface area contributed by atoms with E-state index >= 15 is 0 Å². The van der Waals surface area contributed by atoms with E-state index in [9.17, 15) is 9.59 Å². The number of hydrogen-bond acceptors (Lipinski definition) is 5. The summed E-state index contributed by atoms with van der Waals surface area (Å²) in [6.45, 7) is 6.70. The van der Waals surface area contributed by atoms with Crippen molar-refractivity contribution < 1.29 is 14.3 Å². The van der Waals surface area contributed by atoms with E-state index in [1.165, 1.54) is 0 Å². The molecule has 2 aromatic rings. The Hall–Kier alpha value is -3.81. The molecule has 4 rings (SSSR count). The van der Waals surface area contributed by atoms with Gasteiger partial charge in [0.05, 0.1) is 19.3 Å². The maximum absolute atomic E-state index is 12.9. The monoisotopic (exact) mass is 475 g/mol. The van der Waals surface area contributed by atoms with Gasteiger partial charge >= 0.3 is 6.03 Å². The van der Waals surface area contributed by atoms with Crippen LogP contribution in [0.2, 0.25) is 0 Å². The number of urea groups is 1. The van der Waals surface area contributed by atoms with Gasteiger partial charge in [0.1, 0.15) is 11.3 Å². The van der Waals surface area contributed by atoms with Gasteiger partial charge in [-0.2, -0.15) is 0 Å². The van der Waals surface area contributed by atoms with Crippen LogP contribution in [0.5, 0.6) is 5.75 Å². The number of nitrogens with zero attached hydrogens (tertiary/aromatic N) is 2. The van der Waals surface area contributed by atoms with Gasteiger partial charge in [-0.3, -0.25) is 9.69 Å². The summed E-state index contributed by atoms with van der Waals surface area (Å²) in [6.07, 6.45) is 4.85. The third-order valence-electron chi connectivity index (χ3n) is 6.21. The molecule has 0 aromatic heterocycles. The van der Waals surface area contributed by atoms with Gasteiger partial charge < -0.3 is 21.1 Å². The highest BCUT2D eigenvalue weighted by atomic mass is 16.5. The molecule has 8 heteroatoms. The number of rotatable bonds is 9. The Bertz CT molecular complexity index is 1170. The first-order valence-corrected chi connectivity index (χ1v) is 11.8. The summed E-state index contributed by atoms with van der Waals surface area (Å²) < 4.78 is 5.37. The molecule has 0 saturated heterocycles. The Balaban J connectivity index is 1.31. The van der Waals surface area contributed by atoms with Crippen LogP contribution < -0.4 is 21.1 Å². The molecule has 0 bridgehead atoms. The van der Waals surface area contributed by atoms with Gasteiger partial charge in [-0.15, -0.1) is 0 Å². The van der Waals surface area contributed by atoms with Crippen LogP contribution in [0.25, 0.3) is 0 Å². The van der Waals surface area contributed by atoms with Crippen molar-refractivity contribution in [2.75, 3.05) is 12.4 Å². The third-order valence-corrected chi connectivity index (χ3v) is 6.21. The molecule has 1 aliphatic carbocycles. The van der Waals surface area contributed by atoms with Gasteiger partial charge in [0, 0.05) is 12.5 Å². The average Bonchev–Trinajstić information content (AvgIpc) is 3.63. The third kappa shape index (κ3) is 5.65. The number of nitrogens with two attached hydrogens (primary N) is 1. The van der Waals surface area contributed by atoms with Gasteiger partial charge in [0.25, 0.3) is 5.91 Å². The molecule has 1 aliphatic heterocycles. The van der Waals surface area contributed by atoms with E-state index in [1.54, 1.807) is 12.0 Å². The topological polar surface area (TPSA) is 109 Å². The number of carbonyl (C=O) groups is 2. The number of anilines is 1. The van der Waals surface area contributed by atoms with E-state index in [-0.39, 0.29) is 17.9 Å². The Morgan fingerprint density at radius 3 is 2.49 bits per heavy atom. The number of aliphatic imine (C=N–C) groups is 1. The summed E-state index contributed by atoms with van der Waals surface area (Å²) in [7, 11) is 1.58. The van der Waals surface area contributed by atoms with Crippen LogP contribution in [-0.2, 0) is 17.9 Å². The quantitative estimate of drug-likeness (QED) is 0.474. The minimum absolute atomic E-state index is 0.0666. The predicted molar refractivity (Wildman–Crippen MR) is 137 cm³/mol. The number of amides is 3. The molecular weight excluding hydrogens is 442 g/mol. The fraction of sp³-hybridized carbons (Fsp3) is 0.370. The SMILES string of the molecule is COc1ccc(C2C=C2)cc1NC(=O)NCc1ccc(CN2C(=O)C(C)(CC(C)C)N=C2N)cc1. The van der Waals surface area contributed by atoms with Crippen molar-refractivity contribution in [1.82, 2.24) is 10.2 Å². The van der Waals surface area contributed by atoms with Crippen molar-refractivity contribution >= 4 is 23.6 Å². The first-order chi connectivity index (χ1) is 16.7. The number of methoxy groups -OCH3 is 1. The molecule has 0 spiro atoms. The predicted octanol–water partition coefficient (Wildman–Crippen LogP) is 4.13. The minimum Gasteiger partial charge on any atom is -0.495 e. The lowest BCUT2D eigenvalue weighted by atomic mass is 9.91. The zero-order valence-electron chi connectivity index (χ0n) is 20.7. The number of carbonyl (C=O) groups excluding carboxylic acids is 2. The molecule has 2 aliphatic rings. The average molecular weight is 476 g/mol. The molecule has 2 aromatic carbocycles. The van der Waals surface area contributed by atoms with Gasteiger partial charge in [-0.25, -0.2) is 9.79 Å². The van der Waals surface area contributed by atoms with Crippen molar-refractivity contribution in [1.29, 1.82) is 0 Å². The van der Waals surface area contributed by atoms with Crippen molar-refractivity contribution in [2.24, 2.45) is 16.6 Å². The maximum atomic E-state index is 12.9. The second-order valence-corrected chi connectivity index (χ2v) is 9.73. The van der Waals surface area contributed by atoms with Gasteiger partial charge in [0.2, 0.25) is 0 Å². The number of allylic oxidation sites excluding steroid dienone is 2. The molecule has 0 radical (unpaired) electrons. The Morgan fingerprint density at radius 1 is 1.17 bits per heavy atom. The molecule has 4 N–H and O–H groups in total. The molecule has 0 saturated carbocycles. The Kier molecular flexibility index (Phi) is 6.82. The van der Waals surface area contributed by atoms with Crippen LogP contribution in [0.15, 0.2) is 59.6 Å². The van der Waals surface area contributed by atoms with Crippen LogP contribution in [0.3, 0.4) is 0 Å². The molecule has 184 valence electrons. The van der Waals surface area contributed by atoms with Crippen LogP contribution >= 0.6 is 0 Å². The van der Waals surface area contributed by atoms with Crippen molar-refractivity contribution in [2.45, 2.75) is 51.7 Å². The summed E-state index contributed by atoms with van der Waals surface area (Å²) in [5.74, 6) is 1.48.